The molecule has 7 amide bonds. The van der Waals surface area contributed by atoms with Crippen molar-refractivity contribution in [1.82, 2.24) is 30.3 Å². The van der Waals surface area contributed by atoms with E-state index in [1.807, 2.05) is 34.1 Å². The molecule has 1 aromatic heterocycles. The van der Waals surface area contributed by atoms with Gasteiger partial charge in [-0.2, -0.15) is 0 Å². The molecular formula is C49H58N6O9S. The quantitative estimate of drug-likeness (QED) is 0.0653. The first kappa shape index (κ1) is 47.3. The van der Waals surface area contributed by atoms with Gasteiger partial charge in [0.15, 0.2) is 0 Å². The Balaban J connectivity index is 0.711. The average molecular weight is 907 g/mol. The number of piperidine rings is 3. The summed E-state index contributed by atoms with van der Waals surface area (Å²) in [5, 5.41) is 5.16. The molecule has 4 aliphatic heterocycles. The standard InChI is InChI=1S/C49H58N6O9S/c56-42(15-9-35-6-4-22-50-33-35)51-23-2-1-5-34-17-24-54(25-18-34)47(60)38-12-10-36(11-13-38)37-19-26-53(27-20-37)44(58)21-28-63-29-30-64-31-32-65-41-8-3-7-39-45(41)49(62)55(48(39)61)40-14-16-43(57)52-46(40)59/h3-4,6-13,15,22,33-34,37,40H,1-2,5,14,16-21,23-32H2,(H,51,56)(H,52,57,59)/b15-9+. The lowest BCUT2D eigenvalue weighted by atomic mass is 9.88. The highest BCUT2D eigenvalue weighted by atomic mass is 32.2. The van der Waals surface area contributed by atoms with Gasteiger partial charge in [-0.05, 0) is 97.9 Å². The zero-order chi connectivity index (χ0) is 45.5. The number of hydrogen-bond acceptors (Lipinski definition) is 11. The number of unbranched alkanes of at least 4 members (excludes halogenated alkanes) is 1. The molecule has 4 aliphatic rings. The smallest absolute Gasteiger partial charge is 0.263 e. The summed E-state index contributed by atoms with van der Waals surface area (Å²) in [6.45, 7) is 4.88. The maximum absolute atomic E-state index is 13.3. The van der Waals surface area contributed by atoms with Crippen molar-refractivity contribution >= 4 is 59.2 Å². The molecule has 3 fully saturated rings. The summed E-state index contributed by atoms with van der Waals surface area (Å²) in [6, 6.07) is 15.8. The highest BCUT2D eigenvalue weighted by molar-refractivity contribution is 7.99. The summed E-state index contributed by atoms with van der Waals surface area (Å²) >= 11 is 1.38. The van der Waals surface area contributed by atoms with Crippen molar-refractivity contribution in [1.29, 1.82) is 0 Å². The number of rotatable bonds is 20. The number of nitrogens with zero attached hydrogens (tertiary/aromatic N) is 4. The minimum atomic E-state index is -1.01. The third kappa shape index (κ3) is 12.8. The minimum Gasteiger partial charge on any atom is -0.379 e. The maximum Gasteiger partial charge on any atom is 0.263 e. The van der Waals surface area contributed by atoms with E-state index >= 15 is 0 Å². The van der Waals surface area contributed by atoms with E-state index in [1.165, 1.54) is 23.4 Å². The van der Waals surface area contributed by atoms with Crippen molar-refractivity contribution in [2.45, 2.75) is 81.1 Å². The Morgan fingerprint density at radius 3 is 2.31 bits per heavy atom. The first-order chi connectivity index (χ1) is 31.7. The SMILES string of the molecule is O=C(/C=C/c1cccnc1)NCCCCC1CCN(C(=O)c2ccc(C3CCN(C(=O)CCOCCOCCSc4cccc5c4C(=O)N(C4CCC(=O)NC4=O)C5=O)CC3)cc2)CC1. The Morgan fingerprint density at radius 2 is 1.57 bits per heavy atom. The number of pyridine rings is 1. The van der Waals surface area contributed by atoms with E-state index in [1.54, 1.807) is 36.7 Å². The number of hydrogen-bond donors (Lipinski definition) is 2. The molecule has 0 radical (unpaired) electrons. The van der Waals surface area contributed by atoms with Crippen LogP contribution in [-0.2, 0) is 28.7 Å². The molecule has 7 rings (SSSR count). The van der Waals surface area contributed by atoms with E-state index in [4.69, 9.17) is 9.47 Å². The van der Waals surface area contributed by atoms with Gasteiger partial charge in [0.1, 0.15) is 6.04 Å². The molecule has 2 N–H and O–H groups in total. The van der Waals surface area contributed by atoms with Gasteiger partial charge in [-0.1, -0.05) is 37.1 Å². The van der Waals surface area contributed by atoms with Crippen LogP contribution in [-0.4, -0.2) is 132 Å². The molecule has 3 saturated heterocycles. The van der Waals surface area contributed by atoms with E-state index in [2.05, 4.69) is 27.8 Å². The molecule has 0 spiro atoms. The Labute approximate surface area is 384 Å². The molecular weight excluding hydrogens is 849 g/mol. The van der Waals surface area contributed by atoms with Gasteiger partial charge in [-0.25, -0.2) is 0 Å². The van der Waals surface area contributed by atoms with E-state index < -0.39 is 29.7 Å². The summed E-state index contributed by atoms with van der Waals surface area (Å²) in [6.07, 6.45) is 14.0. The van der Waals surface area contributed by atoms with Gasteiger partial charge in [0.2, 0.25) is 23.6 Å². The van der Waals surface area contributed by atoms with E-state index in [9.17, 15) is 33.6 Å². The number of imide groups is 2. The predicted octanol–water partition coefficient (Wildman–Crippen LogP) is 5.26. The topological polar surface area (TPSA) is 185 Å². The summed E-state index contributed by atoms with van der Waals surface area (Å²) in [5.41, 5.74) is 3.32. The average Bonchev–Trinajstić information content (AvgIpc) is 3.59. The first-order valence-corrected chi connectivity index (χ1v) is 23.8. The molecule has 344 valence electrons. The van der Waals surface area contributed by atoms with Crippen LogP contribution in [0, 0.1) is 5.92 Å². The van der Waals surface area contributed by atoms with Crippen LogP contribution in [0.4, 0.5) is 0 Å². The number of benzene rings is 2. The normalized spacial score (nSPS) is 18.3. The van der Waals surface area contributed by atoms with E-state index in [-0.39, 0.29) is 41.7 Å². The molecule has 0 aliphatic carbocycles. The van der Waals surface area contributed by atoms with Crippen LogP contribution < -0.4 is 10.6 Å². The maximum atomic E-state index is 13.3. The molecule has 1 atom stereocenters. The van der Waals surface area contributed by atoms with Crippen LogP contribution >= 0.6 is 11.8 Å². The number of likely N-dealkylation sites (tertiary alicyclic amines) is 2. The summed E-state index contributed by atoms with van der Waals surface area (Å²) in [4.78, 5) is 98.2. The van der Waals surface area contributed by atoms with Crippen molar-refractivity contribution < 1.29 is 43.0 Å². The summed E-state index contributed by atoms with van der Waals surface area (Å²) in [7, 11) is 0. The van der Waals surface area contributed by atoms with Crippen LogP contribution in [0.15, 0.2) is 78.0 Å². The predicted molar refractivity (Wildman–Crippen MR) is 244 cm³/mol. The Bertz CT molecular complexity index is 2200. The van der Waals surface area contributed by atoms with Crippen molar-refractivity contribution in [3.05, 3.63) is 101 Å². The van der Waals surface area contributed by atoms with E-state index in [0.29, 0.717) is 80.5 Å². The molecule has 65 heavy (non-hydrogen) atoms. The van der Waals surface area contributed by atoms with Gasteiger partial charge in [-0.15, -0.1) is 11.8 Å². The molecule has 1 unspecified atom stereocenters. The number of ether oxygens (including phenoxy) is 2. The third-order valence-electron chi connectivity index (χ3n) is 12.6. The second-order valence-electron chi connectivity index (χ2n) is 16.9. The molecule has 2 aromatic carbocycles. The lowest BCUT2D eigenvalue weighted by molar-refractivity contribution is -0.136. The fraction of sp³-hybridized carbons (Fsp3) is 0.469. The van der Waals surface area contributed by atoms with Crippen molar-refractivity contribution in [3.8, 4) is 0 Å². The van der Waals surface area contributed by atoms with Gasteiger partial charge in [0, 0.05) is 73.8 Å². The second kappa shape index (κ2) is 23.5. The fourth-order valence-corrected chi connectivity index (χ4v) is 9.83. The number of carbonyl (C=O) groups is 7. The number of fused-ring (bicyclic) bond motifs is 1. The Hall–Kier alpha value is -5.71. The monoisotopic (exact) mass is 906 g/mol. The van der Waals surface area contributed by atoms with Crippen LogP contribution in [0.25, 0.3) is 6.08 Å². The number of aromatic nitrogens is 1. The molecule has 0 saturated carbocycles. The number of amides is 7. The van der Waals surface area contributed by atoms with Crippen LogP contribution in [0.3, 0.4) is 0 Å². The fourth-order valence-electron chi connectivity index (χ4n) is 8.90. The zero-order valence-electron chi connectivity index (χ0n) is 36.8. The van der Waals surface area contributed by atoms with Crippen LogP contribution in [0.2, 0.25) is 0 Å². The lowest BCUT2D eigenvalue weighted by Crippen LogP contribution is -2.54. The summed E-state index contributed by atoms with van der Waals surface area (Å²) < 4.78 is 11.4. The van der Waals surface area contributed by atoms with Gasteiger partial charge in [0.05, 0.1) is 44.0 Å². The van der Waals surface area contributed by atoms with Crippen molar-refractivity contribution in [3.63, 3.8) is 0 Å². The van der Waals surface area contributed by atoms with Crippen molar-refractivity contribution in [2.24, 2.45) is 5.92 Å². The Morgan fingerprint density at radius 1 is 0.815 bits per heavy atom. The number of thioether (sulfide) groups is 1. The van der Waals surface area contributed by atoms with Crippen molar-refractivity contribution in [2.75, 3.05) is 64.9 Å². The van der Waals surface area contributed by atoms with Crippen LogP contribution in [0.1, 0.15) is 112 Å². The van der Waals surface area contributed by atoms with Crippen LogP contribution in [0.5, 0.6) is 0 Å². The minimum absolute atomic E-state index is 0.0645. The molecule has 0 bridgehead atoms. The molecule has 5 heterocycles. The first-order valence-electron chi connectivity index (χ1n) is 22.8. The highest BCUT2D eigenvalue weighted by Gasteiger charge is 2.45. The summed E-state index contributed by atoms with van der Waals surface area (Å²) in [5.74, 6) is -0.623. The number of nitrogens with one attached hydrogen (secondary N) is 2. The van der Waals surface area contributed by atoms with Gasteiger partial charge < -0.3 is 24.6 Å². The largest absolute Gasteiger partial charge is 0.379 e. The molecule has 3 aromatic rings. The van der Waals surface area contributed by atoms with E-state index in [0.717, 1.165) is 68.5 Å². The highest BCUT2D eigenvalue weighted by Crippen LogP contribution is 2.35. The van der Waals surface area contributed by atoms with Gasteiger partial charge in [0.25, 0.3) is 17.7 Å². The number of carbonyl (C=O) groups excluding carboxylic acids is 7. The Kier molecular flexibility index (Phi) is 17.1. The van der Waals surface area contributed by atoms with Gasteiger partial charge >= 0.3 is 0 Å². The second-order valence-corrected chi connectivity index (χ2v) is 18.0. The van der Waals surface area contributed by atoms with Gasteiger partial charge in [-0.3, -0.25) is 48.8 Å². The lowest BCUT2D eigenvalue weighted by Gasteiger charge is -2.33. The molecule has 15 nitrogen and oxygen atoms in total. The zero-order valence-corrected chi connectivity index (χ0v) is 37.6. The molecule has 16 heteroatoms. The third-order valence-corrected chi connectivity index (χ3v) is 13.6.